The van der Waals surface area contributed by atoms with Crippen LogP contribution in [0.4, 0.5) is 0 Å². The number of carbonyl (C=O) groups is 1. The molecule has 1 aliphatic rings. The van der Waals surface area contributed by atoms with Gasteiger partial charge in [0, 0.05) is 24.4 Å². The number of rotatable bonds is 3. The lowest BCUT2D eigenvalue weighted by Gasteiger charge is -2.21. The smallest absolute Gasteiger partial charge is 0.251 e. The number of pyridine rings is 1. The molecule has 0 aromatic carbocycles. The Balaban J connectivity index is 1.86. The van der Waals surface area contributed by atoms with Crippen molar-refractivity contribution in [1.29, 1.82) is 0 Å². The summed E-state index contributed by atoms with van der Waals surface area (Å²) in [4.78, 5) is 25.3. The zero-order chi connectivity index (χ0) is 12.1. The highest BCUT2D eigenvalue weighted by atomic mass is 16.2. The number of hydrogen-bond acceptors (Lipinski definition) is 2. The first-order chi connectivity index (χ1) is 8.25. The van der Waals surface area contributed by atoms with Crippen LogP contribution in [0.25, 0.3) is 0 Å². The minimum atomic E-state index is -0.240. The molecule has 4 nitrogen and oxygen atoms in total. The number of aromatic nitrogens is 1. The molecule has 1 aromatic heterocycles. The van der Waals surface area contributed by atoms with Crippen LogP contribution in [0, 0.1) is 5.92 Å². The predicted octanol–water partition coefficient (Wildman–Crippen LogP) is 1.68. The highest BCUT2D eigenvalue weighted by Gasteiger charge is 2.14. The number of H-pyrrole nitrogens is 1. The van der Waals surface area contributed by atoms with Crippen LogP contribution in [0.3, 0.4) is 0 Å². The summed E-state index contributed by atoms with van der Waals surface area (Å²) in [6, 6.07) is 2.95. The highest BCUT2D eigenvalue weighted by molar-refractivity contribution is 5.93. The standard InChI is InChI=1S/C13H18N2O2/c16-12-8-11(6-7-14-12)13(17)15-9-10-4-2-1-3-5-10/h6-8,10H,1-5,9H2,(H,14,16)(H,15,17). The summed E-state index contributed by atoms with van der Waals surface area (Å²) in [6.07, 6.45) is 7.76. The van der Waals surface area contributed by atoms with E-state index in [9.17, 15) is 9.59 Å². The second kappa shape index (κ2) is 5.66. The third kappa shape index (κ3) is 3.44. The molecule has 0 aliphatic heterocycles. The van der Waals surface area contributed by atoms with Crippen molar-refractivity contribution in [2.24, 2.45) is 5.92 Å². The highest BCUT2D eigenvalue weighted by Crippen LogP contribution is 2.22. The molecule has 0 unspecified atom stereocenters. The van der Waals surface area contributed by atoms with Gasteiger partial charge in [0.25, 0.3) is 5.91 Å². The number of nitrogens with one attached hydrogen (secondary N) is 2. The fraction of sp³-hybridized carbons (Fsp3) is 0.538. The van der Waals surface area contributed by atoms with Gasteiger partial charge in [-0.05, 0) is 24.8 Å². The lowest BCUT2D eigenvalue weighted by atomic mass is 9.89. The van der Waals surface area contributed by atoms with Crippen molar-refractivity contribution in [2.45, 2.75) is 32.1 Å². The van der Waals surface area contributed by atoms with E-state index in [4.69, 9.17) is 0 Å². The minimum absolute atomic E-state index is 0.151. The zero-order valence-corrected chi connectivity index (χ0v) is 9.87. The monoisotopic (exact) mass is 234 g/mol. The van der Waals surface area contributed by atoms with E-state index in [1.165, 1.54) is 44.4 Å². The largest absolute Gasteiger partial charge is 0.352 e. The molecule has 1 fully saturated rings. The Hall–Kier alpha value is -1.58. The van der Waals surface area contributed by atoms with Crippen molar-refractivity contribution in [3.8, 4) is 0 Å². The molecule has 4 heteroatoms. The molecule has 92 valence electrons. The molecule has 1 heterocycles. The second-order valence-electron chi connectivity index (χ2n) is 4.66. The Morgan fingerprint density at radius 1 is 1.35 bits per heavy atom. The molecule has 2 N–H and O–H groups in total. The summed E-state index contributed by atoms with van der Waals surface area (Å²) < 4.78 is 0. The second-order valence-corrected chi connectivity index (χ2v) is 4.66. The zero-order valence-electron chi connectivity index (χ0n) is 9.87. The first-order valence-electron chi connectivity index (χ1n) is 6.22. The lowest BCUT2D eigenvalue weighted by molar-refractivity contribution is 0.0943. The summed E-state index contributed by atoms with van der Waals surface area (Å²) in [5, 5.41) is 2.90. The Morgan fingerprint density at radius 2 is 2.12 bits per heavy atom. The van der Waals surface area contributed by atoms with Crippen LogP contribution in [0.2, 0.25) is 0 Å². The van der Waals surface area contributed by atoms with Crippen molar-refractivity contribution in [1.82, 2.24) is 10.3 Å². The Kier molecular flexibility index (Phi) is 3.96. The van der Waals surface area contributed by atoms with Crippen LogP contribution in [0.1, 0.15) is 42.5 Å². The van der Waals surface area contributed by atoms with E-state index in [0.29, 0.717) is 11.5 Å². The molecular weight excluding hydrogens is 216 g/mol. The maximum atomic E-state index is 11.8. The first-order valence-corrected chi connectivity index (χ1v) is 6.22. The Labute approximate surface area is 100 Å². The average molecular weight is 234 g/mol. The van der Waals surface area contributed by atoms with Crippen LogP contribution in [0.5, 0.6) is 0 Å². The van der Waals surface area contributed by atoms with Crippen molar-refractivity contribution in [3.63, 3.8) is 0 Å². The van der Waals surface area contributed by atoms with E-state index >= 15 is 0 Å². The van der Waals surface area contributed by atoms with Crippen molar-refractivity contribution >= 4 is 5.91 Å². The first kappa shape index (κ1) is 11.9. The molecule has 0 bridgehead atoms. The van der Waals surface area contributed by atoms with E-state index in [0.717, 1.165) is 6.54 Å². The SMILES string of the molecule is O=C(NCC1CCCCC1)c1cc[nH]c(=O)c1. The van der Waals surface area contributed by atoms with Crippen molar-refractivity contribution in [3.05, 3.63) is 34.2 Å². The van der Waals surface area contributed by atoms with Crippen LogP contribution in [-0.4, -0.2) is 17.4 Å². The average Bonchev–Trinajstić information content (AvgIpc) is 2.37. The van der Waals surface area contributed by atoms with Gasteiger partial charge in [-0.25, -0.2) is 0 Å². The number of carbonyl (C=O) groups excluding carboxylic acids is 1. The molecule has 0 radical (unpaired) electrons. The van der Waals surface area contributed by atoms with Crippen molar-refractivity contribution in [2.75, 3.05) is 6.54 Å². The molecule has 1 amide bonds. The Bertz CT molecular complexity index is 433. The Morgan fingerprint density at radius 3 is 2.82 bits per heavy atom. The number of hydrogen-bond donors (Lipinski definition) is 2. The molecular formula is C13H18N2O2. The maximum Gasteiger partial charge on any atom is 0.251 e. The third-order valence-electron chi connectivity index (χ3n) is 3.31. The van der Waals surface area contributed by atoms with Gasteiger partial charge in [0.05, 0.1) is 0 Å². The summed E-state index contributed by atoms with van der Waals surface area (Å²) in [6.45, 7) is 0.728. The molecule has 1 aliphatic carbocycles. The summed E-state index contributed by atoms with van der Waals surface area (Å²) in [5.41, 5.74) is 0.194. The summed E-state index contributed by atoms with van der Waals surface area (Å²) in [5.74, 6) is 0.455. The van der Waals surface area contributed by atoms with Gasteiger partial charge in [0.15, 0.2) is 0 Å². The van der Waals surface area contributed by atoms with Gasteiger partial charge in [-0.1, -0.05) is 19.3 Å². The molecule has 1 saturated carbocycles. The van der Waals surface area contributed by atoms with Gasteiger partial charge in [-0.3, -0.25) is 9.59 Å². The lowest BCUT2D eigenvalue weighted by Crippen LogP contribution is -2.30. The molecule has 0 saturated heterocycles. The van der Waals surface area contributed by atoms with E-state index in [-0.39, 0.29) is 11.5 Å². The van der Waals surface area contributed by atoms with Gasteiger partial charge in [0.1, 0.15) is 0 Å². The predicted molar refractivity (Wildman–Crippen MR) is 66.0 cm³/mol. The minimum Gasteiger partial charge on any atom is -0.352 e. The molecule has 1 aromatic rings. The fourth-order valence-electron chi connectivity index (χ4n) is 2.32. The molecule has 0 spiro atoms. The van der Waals surface area contributed by atoms with Gasteiger partial charge in [-0.15, -0.1) is 0 Å². The van der Waals surface area contributed by atoms with E-state index in [1.54, 1.807) is 6.07 Å². The number of aromatic amines is 1. The number of amides is 1. The normalized spacial score (nSPS) is 16.7. The van der Waals surface area contributed by atoms with Gasteiger partial charge < -0.3 is 10.3 Å². The fourth-order valence-corrected chi connectivity index (χ4v) is 2.32. The summed E-state index contributed by atoms with van der Waals surface area (Å²) in [7, 11) is 0. The van der Waals surface area contributed by atoms with Gasteiger partial charge >= 0.3 is 0 Å². The van der Waals surface area contributed by atoms with E-state index in [1.807, 2.05) is 0 Å². The van der Waals surface area contributed by atoms with Crippen LogP contribution in [0.15, 0.2) is 23.1 Å². The summed E-state index contributed by atoms with van der Waals surface area (Å²) >= 11 is 0. The maximum absolute atomic E-state index is 11.8. The van der Waals surface area contributed by atoms with Crippen LogP contribution < -0.4 is 10.9 Å². The quantitative estimate of drug-likeness (QED) is 0.836. The molecule has 0 atom stereocenters. The molecule has 17 heavy (non-hydrogen) atoms. The van der Waals surface area contributed by atoms with E-state index in [2.05, 4.69) is 10.3 Å². The van der Waals surface area contributed by atoms with Crippen molar-refractivity contribution < 1.29 is 4.79 Å². The van der Waals surface area contributed by atoms with Crippen LogP contribution in [-0.2, 0) is 0 Å². The van der Waals surface area contributed by atoms with Gasteiger partial charge in [-0.2, -0.15) is 0 Å². The topological polar surface area (TPSA) is 62.0 Å². The van der Waals surface area contributed by atoms with Crippen LogP contribution >= 0.6 is 0 Å². The third-order valence-corrected chi connectivity index (χ3v) is 3.31. The van der Waals surface area contributed by atoms with E-state index < -0.39 is 0 Å². The van der Waals surface area contributed by atoms with Gasteiger partial charge in [0.2, 0.25) is 5.56 Å². The molecule has 2 rings (SSSR count).